The molecule has 1 aliphatic rings. The molecule has 0 unspecified atom stereocenters. The van der Waals surface area contributed by atoms with Crippen LogP contribution in [0.3, 0.4) is 0 Å². The van der Waals surface area contributed by atoms with Crippen LogP contribution < -0.4 is 5.32 Å². The summed E-state index contributed by atoms with van der Waals surface area (Å²) in [7, 11) is 0. The van der Waals surface area contributed by atoms with Gasteiger partial charge in [-0.1, -0.05) is 17.7 Å². The smallest absolute Gasteiger partial charge is 0.236 e. The highest BCUT2D eigenvalue weighted by Gasteiger charge is 2.22. The van der Waals surface area contributed by atoms with Gasteiger partial charge in [0, 0.05) is 43.3 Å². The summed E-state index contributed by atoms with van der Waals surface area (Å²) in [6.45, 7) is 10.2. The molecule has 1 heterocycles. The van der Waals surface area contributed by atoms with Crippen LogP contribution >= 0.6 is 11.6 Å². The molecule has 6 heteroatoms. The Bertz CT molecular complexity index is 551. The number of carbonyl (C=O) groups is 1. The molecule has 1 aliphatic heterocycles. The van der Waals surface area contributed by atoms with E-state index >= 15 is 0 Å². The molecule has 1 N–H and O–H groups in total. The fourth-order valence-electron chi connectivity index (χ4n) is 2.50. The monoisotopic (exact) mass is 341 g/mol. The zero-order chi connectivity index (χ0) is 17.0. The Morgan fingerprint density at radius 2 is 1.91 bits per heavy atom. The molecule has 0 atom stereocenters. The molecular weight excluding hydrogens is 317 g/mol. The van der Waals surface area contributed by atoms with Gasteiger partial charge >= 0.3 is 0 Å². The van der Waals surface area contributed by atoms with Gasteiger partial charge in [0.05, 0.1) is 6.54 Å². The number of nitrogens with zero attached hydrogens (tertiary/aromatic N) is 2. The van der Waals surface area contributed by atoms with E-state index in [1.165, 1.54) is 12.1 Å². The van der Waals surface area contributed by atoms with Crippen molar-refractivity contribution in [2.45, 2.75) is 32.9 Å². The van der Waals surface area contributed by atoms with Crippen LogP contribution in [0, 0.1) is 5.82 Å². The number of hydrogen-bond donors (Lipinski definition) is 1. The van der Waals surface area contributed by atoms with E-state index in [-0.39, 0.29) is 17.3 Å². The molecular formula is C17H25ClFN3O. The van der Waals surface area contributed by atoms with Crippen LogP contribution in [-0.2, 0) is 11.3 Å². The van der Waals surface area contributed by atoms with Gasteiger partial charge in [-0.2, -0.15) is 0 Å². The number of halogens is 2. The van der Waals surface area contributed by atoms with E-state index in [9.17, 15) is 9.18 Å². The largest absolute Gasteiger partial charge is 0.339 e. The number of carbonyl (C=O) groups excluding carboxylic acids is 1. The predicted octanol–water partition coefficient (Wildman–Crippen LogP) is 2.51. The molecule has 0 aliphatic carbocycles. The zero-order valence-electron chi connectivity index (χ0n) is 14.0. The van der Waals surface area contributed by atoms with Crippen LogP contribution in [-0.4, -0.2) is 54.0 Å². The minimum absolute atomic E-state index is 0.0587. The Morgan fingerprint density at radius 3 is 2.48 bits per heavy atom. The second-order valence-electron chi connectivity index (χ2n) is 7.00. The molecule has 1 amide bonds. The number of amides is 1. The third-order valence-electron chi connectivity index (χ3n) is 3.90. The molecule has 0 spiro atoms. The SMILES string of the molecule is CC(C)(C)NCC(=O)N1CCN(Cc2ccc(F)cc2Cl)CC1. The Labute approximate surface area is 142 Å². The summed E-state index contributed by atoms with van der Waals surface area (Å²) < 4.78 is 13.1. The van der Waals surface area contributed by atoms with Crippen molar-refractivity contribution in [2.24, 2.45) is 0 Å². The molecule has 1 aromatic rings. The lowest BCUT2D eigenvalue weighted by molar-refractivity contribution is -0.132. The molecule has 0 saturated carbocycles. The van der Waals surface area contributed by atoms with E-state index in [2.05, 4.69) is 10.2 Å². The first kappa shape index (κ1) is 18.2. The normalized spacial score (nSPS) is 16.7. The van der Waals surface area contributed by atoms with E-state index < -0.39 is 0 Å². The van der Waals surface area contributed by atoms with Crippen LogP contribution in [0.5, 0.6) is 0 Å². The summed E-state index contributed by atoms with van der Waals surface area (Å²) in [5.41, 5.74) is 0.860. The fraction of sp³-hybridized carbons (Fsp3) is 0.588. The Morgan fingerprint density at radius 1 is 1.26 bits per heavy atom. The van der Waals surface area contributed by atoms with Crippen LogP contribution in [0.1, 0.15) is 26.3 Å². The van der Waals surface area contributed by atoms with Crippen molar-refractivity contribution in [3.05, 3.63) is 34.6 Å². The Hall–Kier alpha value is -1.17. The third kappa shape index (κ3) is 5.75. The van der Waals surface area contributed by atoms with E-state index in [0.717, 1.165) is 18.7 Å². The van der Waals surface area contributed by atoms with Gasteiger partial charge in [0.1, 0.15) is 5.82 Å². The van der Waals surface area contributed by atoms with Gasteiger partial charge in [-0.05, 0) is 38.5 Å². The van der Waals surface area contributed by atoms with Crippen LogP contribution in [0.15, 0.2) is 18.2 Å². The highest BCUT2D eigenvalue weighted by molar-refractivity contribution is 6.31. The van der Waals surface area contributed by atoms with Gasteiger partial charge in [0.25, 0.3) is 0 Å². The van der Waals surface area contributed by atoms with E-state index in [0.29, 0.717) is 31.2 Å². The van der Waals surface area contributed by atoms with E-state index in [1.807, 2.05) is 25.7 Å². The van der Waals surface area contributed by atoms with Crippen molar-refractivity contribution < 1.29 is 9.18 Å². The highest BCUT2D eigenvalue weighted by atomic mass is 35.5. The maximum atomic E-state index is 13.1. The minimum atomic E-state index is -0.319. The zero-order valence-corrected chi connectivity index (χ0v) is 14.8. The van der Waals surface area contributed by atoms with Gasteiger partial charge in [0.2, 0.25) is 5.91 Å². The first-order chi connectivity index (χ1) is 10.7. The van der Waals surface area contributed by atoms with Crippen molar-refractivity contribution in [2.75, 3.05) is 32.7 Å². The van der Waals surface area contributed by atoms with Crippen LogP contribution in [0.25, 0.3) is 0 Å². The summed E-state index contributed by atoms with van der Waals surface area (Å²) in [5, 5.41) is 3.68. The summed E-state index contributed by atoms with van der Waals surface area (Å²) in [5.74, 6) is -0.181. The lowest BCUT2D eigenvalue weighted by Crippen LogP contribution is -2.52. The number of hydrogen-bond acceptors (Lipinski definition) is 3. The molecule has 1 fully saturated rings. The molecule has 2 rings (SSSR count). The van der Waals surface area contributed by atoms with Gasteiger partial charge in [-0.25, -0.2) is 4.39 Å². The average Bonchev–Trinajstić information content (AvgIpc) is 2.48. The summed E-state index contributed by atoms with van der Waals surface area (Å²) in [4.78, 5) is 16.3. The second kappa shape index (κ2) is 7.60. The predicted molar refractivity (Wildman–Crippen MR) is 91.0 cm³/mol. The summed E-state index contributed by atoms with van der Waals surface area (Å²) in [6, 6.07) is 4.50. The molecule has 0 bridgehead atoms. The Kier molecular flexibility index (Phi) is 6.00. The van der Waals surface area contributed by atoms with Crippen molar-refractivity contribution >= 4 is 17.5 Å². The Balaban J connectivity index is 1.80. The van der Waals surface area contributed by atoms with E-state index in [4.69, 9.17) is 11.6 Å². The molecule has 128 valence electrons. The first-order valence-corrected chi connectivity index (χ1v) is 8.31. The van der Waals surface area contributed by atoms with Gasteiger partial charge in [0.15, 0.2) is 0 Å². The van der Waals surface area contributed by atoms with Crippen molar-refractivity contribution in [1.29, 1.82) is 0 Å². The van der Waals surface area contributed by atoms with Gasteiger partial charge in [-0.15, -0.1) is 0 Å². The standard InChI is InChI=1S/C17H25ClFN3O/c1-17(2,3)20-11-16(23)22-8-6-21(7-9-22)12-13-4-5-14(19)10-15(13)18/h4-5,10,20H,6-9,11-12H2,1-3H3. The molecule has 1 aromatic carbocycles. The quantitative estimate of drug-likeness (QED) is 0.914. The van der Waals surface area contributed by atoms with Gasteiger partial charge in [-0.3, -0.25) is 9.69 Å². The maximum absolute atomic E-state index is 13.1. The maximum Gasteiger partial charge on any atom is 0.236 e. The second-order valence-corrected chi connectivity index (χ2v) is 7.40. The highest BCUT2D eigenvalue weighted by Crippen LogP contribution is 2.19. The van der Waals surface area contributed by atoms with Crippen molar-refractivity contribution in [1.82, 2.24) is 15.1 Å². The van der Waals surface area contributed by atoms with Crippen molar-refractivity contribution in [3.8, 4) is 0 Å². The fourth-order valence-corrected chi connectivity index (χ4v) is 2.73. The van der Waals surface area contributed by atoms with E-state index in [1.54, 1.807) is 6.07 Å². The lowest BCUT2D eigenvalue weighted by Gasteiger charge is -2.35. The molecule has 0 aromatic heterocycles. The first-order valence-electron chi connectivity index (χ1n) is 7.94. The van der Waals surface area contributed by atoms with Crippen LogP contribution in [0.4, 0.5) is 4.39 Å². The summed E-state index contributed by atoms with van der Waals surface area (Å²) in [6.07, 6.45) is 0. The molecule has 1 saturated heterocycles. The van der Waals surface area contributed by atoms with Crippen molar-refractivity contribution in [3.63, 3.8) is 0 Å². The number of rotatable bonds is 4. The number of nitrogens with one attached hydrogen (secondary N) is 1. The molecule has 23 heavy (non-hydrogen) atoms. The van der Waals surface area contributed by atoms with Crippen LogP contribution in [0.2, 0.25) is 5.02 Å². The average molecular weight is 342 g/mol. The molecule has 4 nitrogen and oxygen atoms in total. The minimum Gasteiger partial charge on any atom is -0.339 e. The summed E-state index contributed by atoms with van der Waals surface area (Å²) >= 11 is 6.07. The van der Waals surface area contributed by atoms with Gasteiger partial charge < -0.3 is 10.2 Å². The topological polar surface area (TPSA) is 35.6 Å². The number of benzene rings is 1. The molecule has 0 radical (unpaired) electrons. The number of piperazine rings is 1. The third-order valence-corrected chi connectivity index (χ3v) is 4.26. The lowest BCUT2D eigenvalue weighted by atomic mass is 10.1.